The van der Waals surface area contributed by atoms with Crippen LogP contribution in [0, 0.1) is 0 Å². The summed E-state index contributed by atoms with van der Waals surface area (Å²) < 4.78 is 1.52. The Morgan fingerprint density at radius 2 is 1.88 bits per heavy atom. The molecule has 0 aliphatic carbocycles. The maximum Gasteiger partial charge on any atom is 0.267 e. The number of likely N-dealkylation sites (tertiary alicyclic amines) is 1. The molecule has 1 aliphatic rings. The fraction of sp³-hybridized carbons (Fsp3) is 0.474. The molecule has 1 aliphatic heterocycles. The number of hydrogen-bond donors (Lipinski definition) is 2. The molecule has 0 unspecified atom stereocenters. The summed E-state index contributed by atoms with van der Waals surface area (Å²) in [5.74, 6) is -0.742. The Morgan fingerprint density at radius 3 is 2.58 bits per heavy atom. The zero-order valence-corrected chi connectivity index (χ0v) is 15.8. The number of nitrogens with zero attached hydrogens (tertiary/aromatic N) is 2. The van der Waals surface area contributed by atoms with E-state index < -0.39 is 11.5 Å². The second-order valence-electron chi connectivity index (χ2n) is 6.45. The fourth-order valence-corrected chi connectivity index (χ4v) is 3.51. The first-order valence-corrected chi connectivity index (χ1v) is 8.98. The first-order valence-electron chi connectivity index (χ1n) is 8.98. The number of halogens is 1. The lowest BCUT2D eigenvalue weighted by Crippen LogP contribution is -3.00. The van der Waals surface area contributed by atoms with Crippen LogP contribution in [-0.4, -0.2) is 46.7 Å². The van der Waals surface area contributed by atoms with Gasteiger partial charge < -0.3 is 32.3 Å². The van der Waals surface area contributed by atoms with Crippen LogP contribution < -0.4 is 23.3 Å². The molecule has 0 atom stereocenters. The van der Waals surface area contributed by atoms with E-state index in [1.165, 1.54) is 23.8 Å². The lowest BCUT2D eigenvalue weighted by atomic mass is 10.1. The summed E-state index contributed by atoms with van der Waals surface area (Å²) in [4.78, 5) is 27.5. The summed E-state index contributed by atoms with van der Waals surface area (Å²) in [5.41, 5.74) is 0.0192. The zero-order valence-electron chi connectivity index (χ0n) is 15.0. The number of amides is 1. The average molecular weight is 379 g/mol. The Labute approximate surface area is 159 Å². The van der Waals surface area contributed by atoms with Crippen molar-refractivity contribution in [2.24, 2.45) is 0 Å². The fourth-order valence-electron chi connectivity index (χ4n) is 3.51. The molecule has 1 saturated heterocycles. The SMILES string of the molecule is CCn1c(=O)c(C(=O)NCCN2CCCCC2)c(O)c2ccccc21.[Cl-]. The van der Waals surface area contributed by atoms with E-state index in [4.69, 9.17) is 0 Å². The highest BCUT2D eigenvalue weighted by Crippen LogP contribution is 2.26. The number of benzene rings is 1. The molecule has 0 radical (unpaired) electrons. The number of rotatable bonds is 5. The van der Waals surface area contributed by atoms with Crippen molar-refractivity contribution in [3.8, 4) is 5.75 Å². The Hall–Kier alpha value is -2.05. The van der Waals surface area contributed by atoms with Crippen molar-refractivity contribution in [3.63, 3.8) is 0 Å². The van der Waals surface area contributed by atoms with Gasteiger partial charge >= 0.3 is 0 Å². The normalized spacial score (nSPS) is 14.8. The molecule has 26 heavy (non-hydrogen) atoms. The van der Waals surface area contributed by atoms with Gasteiger partial charge in [0.05, 0.1) is 5.52 Å². The number of carbonyl (C=O) groups excluding carboxylic acids is 1. The Morgan fingerprint density at radius 1 is 1.19 bits per heavy atom. The van der Waals surface area contributed by atoms with Gasteiger partial charge in [-0.1, -0.05) is 18.6 Å². The minimum atomic E-state index is -0.507. The van der Waals surface area contributed by atoms with E-state index in [0.29, 0.717) is 24.0 Å². The van der Waals surface area contributed by atoms with Gasteiger partial charge in [0.1, 0.15) is 11.3 Å². The maximum atomic E-state index is 12.7. The number of nitrogens with one attached hydrogen (secondary N) is 1. The van der Waals surface area contributed by atoms with E-state index in [0.717, 1.165) is 19.6 Å². The second-order valence-corrected chi connectivity index (χ2v) is 6.45. The van der Waals surface area contributed by atoms with Crippen molar-refractivity contribution in [2.45, 2.75) is 32.7 Å². The van der Waals surface area contributed by atoms with Crippen molar-refractivity contribution in [1.82, 2.24) is 14.8 Å². The van der Waals surface area contributed by atoms with Crippen LogP contribution in [-0.2, 0) is 6.54 Å². The molecular formula is C19H25ClN3O3-. The van der Waals surface area contributed by atoms with Crippen LogP contribution in [0.2, 0.25) is 0 Å². The van der Waals surface area contributed by atoms with Crippen molar-refractivity contribution in [1.29, 1.82) is 0 Å². The van der Waals surface area contributed by atoms with Crippen LogP contribution >= 0.6 is 0 Å². The number of fused-ring (bicyclic) bond motifs is 1. The largest absolute Gasteiger partial charge is 1.00 e. The van der Waals surface area contributed by atoms with E-state index in [9.17, 15) is 14.7 Å². The van der Waals surface area contributed by atoms with E-state index >= 15 is 0 Å². The third-order valence-corrected chi connectivity index (χ3v) is 4.85. The predicted octanol–water partition coefficient (Wildman–Crippen LogP) is -1.05. The molecule has 2 aromatic rings. The van der Waals surface area contributed by atoms with Crippen LogP contribution in [0.1, 0.15) is 36.5 Å². The van der Waals surface area contributed by atoms with Gasteiger partial charge in [-0.25, -0.2) is 0 Å². The molecule has 7 heteroatoms. The number of aryl methyl sites for hydroxylation is 1. The summed E-state index contributed by atoms with van der Waals surface area (Å²) in [6.45, 7) is 5.63. The summed E-state index contributed by atoms with van der Waals surface area (Å²) in [7, 11) is 0. The average Bonchev–Trinajstić information content (AvgIpc) is 2.63. The van der Waals surface area contributed by atoms with Crippen molar-refractivity contribution in [3.05, 3.63) is 40.2 Å². The summed E-state index contributed by atoms with van der Waals surface area (Å²) in [5, 5.41) is 13.8. The molecule has 3 rings (SSSR count). The van der Waals surface area contributed by atoms with E-state index in [-0.39, 0.29) is 23.7 Å². The molecule has 2 heterocycles. The quantitative estimate of drug-likeness (QED) is 0.696. The minimum absolute atomic E-state index is 0. The summed E-state index contributed by atoms with van der Waals surface area (Å²) >= 11 is 0. The van der Waals surface area contributed by atoms with Crippen molar-refractivity contribution in [2.75, 3.05) is 26.2 Å². The van der Waals surface area contributed by atoms with Gasteiger partial charge in [-0.15, -0.1) is 0 Å². The summed E-state index contributed by atoms with van der Waals surface area (Å²) in [6.07, 6.45) is 3.66. The van der Waals surface area contributed by atoms with Crippen LogP contribution in [0.25, 0.3) is 10.9 Å². The third kappa shape index (κ3) is 4.02. The molecule has 1 aromatic heterocycles. The van der Waals surface area contributed by atoms with Gasteiger partial charge in [0, 0.05) is 25.0 Å². The molecule has 1 amide bonds. The molecule has 0 bridgehead atoms. The van der Waals surface area contributed by atoms with Crippen molar-refractivity contribution >= 4 is 16.8 Å². The Kier molecular flexibility index (Phi) is 7.06. The molecule has 2 N–H and O–H groups in total. The lowest BCUT2D eigenvalue weighted by molar-refractivity contribution is -0.0000150. The van der Waals surface area contributed by atoms with E-state index in [1.807, 2.05) is 13.0 Å². The highest BCUT2D eigenvalue weighted by molar-refractivity contribution is 6.02. The van der Waals surface area contributed by atoms with E-state index in [1.54, 1.807) is 18.2 Å². The number of hydrogen-bond acceptors (Lipinski definition) is 4. The Balaban J connectivity index is 0.00000243. The van der Waals surface area contributed by atoms with Gasteiger partial charge in [0.25, 0.3) is 11.5 Å². The molecule has 6 nitrogen and oxygen atoms in total. The van der Waals surface area contributed by atoms with Gasteiger partial charge in [0.15, 0.2) is 0 Å². The standard InChI is InChI=1S/C19H25N3O3.ClH/c1-2-22-15-9-5-4-8-14(15)17(23)16(19(22)25)18(24)20-10-13-21-11-6-3-7-12-21;/h4-5,8-9,23H,2-3,6-7,10-13H2,1H3,(H,20,24);1H/p-1. The van der Waals surface area contributed by atoms with Gasteiger partial charge in [-0.3, -0.25) is 9.59 Å². The zero-order chi connectivity index (χ0) is 17.8. The monoisotopic (exact) mass is 378 g/mol. The smallest absolute Gasteiger partial charge is 0.267 e. The van der Waals surface area contributed by atoms with Gasteiger partial charge in [0.2, 0.25) is 0 Å². The van der Waals surface area contributed by atoms with Crippen LogP contribution in [0.5, 0.6) is 5.75 Å². The summed E-state index contributed by atoms with van der Waals surface area (Å²) in [6, 6.07) is 7.09. The lowest BCUT2D eigenvalue weighted by Gasteiger charge is -2.26. The molecule has 0 saturated carbocycles. The highest BCUT2D eigenvalue weighted by atomic mass is 35.5. The number of aromatic hydroxyl groups is 1. The van der Waals surface area contributed by atoms with E-state index in [2.05, 4.69) is 10.2 Å². The van der Waals surface area contributed by atoms with Crippen LogP contribution in [0.15, 0.2) is 29.1 Å². The molecular weight excluding hydrogens is 354 g/mol. The molecule has 0 spiro atoms. The number of carbonyl (C=O) groups is 1. The van der Waals surface area contributed by atoms with Gasteiger partial charge in [-0.2, -0.15) is 0 Å². The van der Waals surface area contributed by atoms with Gasteiger partial charge in [-0.05, 0) is 45.0 Å². The Bertz CT molecular complexity index is 829. The predicted molar refractivity (Wildman–Crippen MR) is 98.2 cm³/mol. The molecule has 1 fully saturated rings. The third-order valence-electron chi connectivity index (χ3n) is 4.85. The first-order chi connectivity index (χ1) is 12.1. The minimum Gasteiger partial charge on any atom is -1.00 e. The first kappa shape index (κ1) is 20.3. The number of para-hydroxylation sites is 1. The molecule has 1 aromatic carbocycles. The van der Waals surface area contributed by atoms with Crippen LogP contribution in [0.4, 0.5) is 0 Å². The number of piperidine rings is 1. The number of aromatic nitrogens is 1. The topological polar surface area (TPSA) is 74.6 Å². The van der Waals surface area contributed by atoms with Crippen molar-refractivity contribution < 1.29 is 22.3 Å². The highest BCUT2D eigenvalue weighted by Gasteiger charge is 2.21. The second kappa shape index (κ2) is 9.05. The molecule has 142 valence electrons. The van der Waals surface area contributed by atoms with Crippen LogP contribution in [0.3, 0.4) is 0 Å². The number of pyridine rings is 1. The maximum absolute atomic E-state index is 12.7.